The molecule has 6 nitrogen and oxygen atoms in total. The lowest BCUT2D eigenvalue weighted by atomic mass is 10.2. The van der Waals surface area contributed by atoms with Crippen molar-refractivity contribution in [2.75, 3.05) is 5.73 Å². The Bertz CT molecular complexity index is 761. The van der Waals surface area contributed by atoms with Gasteiger partial charge in [-0.05, 0) is 25.0 Å². The fourth-order valence-electron chi connectivity index (χ4n) is 2.24. The summed E-state index contributed by atoms with van der Waals surface area (Å²) in [4.78, 5) is 4.51. The van der Waals surface area contributed by atoms with Crippen molar-refractivity contribution in [3.8, 4) is 5.95 Å². The number of fused-ring (bicyclic) bond motifs is 1. The average molecular weight is 268 g/mol. The largest absolute Gasteiger partial charge is 0.396 e. The number of nitrogens with zero attached hydrogens (tertiary/aromatic N) is 5. The Morgan fingerprint density at radius 2 is 1.80 bits per heavy atom. The fraction of sp³-hybridized carbons (Fsp3) is 0.286. The van der Waals surface area contributed by atoms with E-state index in [0.717, 1.165) is 41.0 Å². The van der Waals surface area contributed by atoms with Crippen LogP contribution >= 0.6 is 0 Å². The molecule has 0 saturated carbocycles. The molecule has 20 heavy (non-hydrogen) atoms. The number of aryl methyl sites for hydroxylation is 1. The predicted molar refractivity (Wildman–Crippen MR) is 77.6 cm³/mol. The topological polar surface area (TPSA) is 82.5 Å². The van der Waals surface area contributed by atoms with Crippen LogP contribution in [0.4, 0.5) is 5.69 Å². The molecule has 0 spiro atoms. The number of rotatable bonds is 3. The van der Waals surface area contributed by atoms with Crippen LogP contribution in [0.2, 0.25) is 0 Å². The van der Waals surface area contributed by atoms with E-state index in [9.17, 15) is 0 Å². The van der Waals surface area contributed by atoms with Crippen LogP contribution in [0.1, 0.15) is 25.2 Å². The molecule has 0 atom stereocenters. The van der Waals surface area contributed by atoms with Crippen LogP contribution in [0.15, 0.2) is 24.3 Å². The first-order valence-electron chi connectivity index (χ1n) is 6.70. The second kappa shape index (κ2) is 4.88. The van der Waals surface area contributed by atoms with Crippen molar-refractivity contribution in [3.63, 3.8) is 0 Å². The predicted octanol–water partition coefficient (Wildman–Crippen LogP) is 1.92. The molecule has 0 fully saturated rings. The Kier molecular flexibility index (Phi) is 3.06. The number of nitrogen functional groups attached to an aromatic ring is 1. The fourth-order valence-corrected chi connectivity index (χ4v) is 2.24. The molecule has 0 aliphatic rings. The van der Waals surface area contributed by atoms with Crippen LogP contribution in [0.5, 0.6) is 0 Å². The Morgan fingerprint density at radius 1 is 1.05 bits per heavy atom. The van der Waals surface area contributed by atoms with Crippen LogP contribution in [0.25, 0.3) is 17.0 Å². The van der Waals surface area contributed by atoms with Crippen molar-refractivity contribution >= 4 is 16.7 Å². The van der Waals surface area contributed by atoms with E-state index < -0.39 is 0 Å². The van der Waals surface area contributed by atoms with Gasteiger partial charge in [0.25, 0.3) is 5.95 Å². The molecule has 0 radical (unpaired) electrons. The third-order valence-electron chi connectivity index (χ3n) is 3.31. The van der Waals surface area contributed by atoms with Gasteiger partial charge >= 0.3 is 0 Å². The van der Waals surface area contributed by atoms with Gasteiger partial charge in [0.2, 0.25) is 0 Å². The highest BCUT2D eigenvalue weighted by Crippen LogP contribution is 2.21. The second-order valence-corrected chi connectivity index (χ2v) is 4.53. The monoisotopic (exact) mass is 268 g/mol. The van der Waals surface area contributed by atoms with Crippen molar-refractivity contribution in [2.24, 2.45) is 0 Å². The van der Waals surface area contributed by atoms with Crippen LogP contribution in [-0.2, 0) is 12.8 Å². The lowest BCUT2D eigenvalue weighted by Crippen LogP contribution is -2.08. The minimum Gasteiger partial charge on any atom is -0.396 e. The first-order chi connectivity index (χ1) is 9.74. The van der Waals surface area contributed by atoms with Crippen LogP contribution in [0.3, 0.4) is 0 Å². The maximum absolute atomic E-state index is 6.12. The summed E-state index contributed by atoms with van der Waals surface area (Å²) in [5.74, 6) is 0.465. The summed E-state index contributed by atoms with van der Waals surface area (Å²) in [6, 6.07) is 7.63. The molecule has 3 aromatic rings. The van der Waals surface area contributed by atoms with Crippen molar-refractivity contribution in [1.82, 2.24) is 25.0 Å². The minimum atomic E-state index is 0.465. The van der Waals surface area contributed by atoms with Gasteiger partial charge in [0.05, 0.1) is 22.6 Å². The third kappa shape index (κ3) is 1.89. The molecule has 2 aromatic heterocycles. The Balaban J connectivity index is 2.19. The number of aromatic nitrogens is 5. The van der Waals surface area contributed by atoms with Gasteiger partial charge in [0, 0.05) is 0 Å². The van der Waals surface area contributed by atoms with E-state index in [0.29, 0.717) is 5.95 Å². The molecule has 0 bridgehead atoms. The number of para-hydroxylation sites is 1. The lowest BCUT2D eigenvalue weighted by Gasteiger charge is -2.04. The van der Waals surface area contributed by atoms with Gasteiger partial charge in [0.15, 0.2) is 0 Å². The molecule has 102 valence electrons. The van der Waals surface area contributed by atoms with Gasteiger partial charge in [-0.3, -0.25) is 0 Å². The van der Waals surface area contributed by atoms with E-state index in [4.69, 9.17) is 5.73 Å². The zero-order chi connectivity index (χ0) is 14.1. The van der Waals surface area contributed by atoms with Gasteiger partial charge in [-0.1, -0.05) is 26.0 Å². The summed E-state index contributed by atoms with van der Waals surface area (Å²) in [6.07, 6.45) is 1.56. The third-order valence-corrected chi connectivity index (χ3v) is 3.31. The number of benzene rings is 1. The van der Waals surface area contributed by atoms with E-state index in [-0.39, 0.29) is 0 Å². The Morgan fingerprint density at radius 3 is 2.50 bits per heavy atom. The van der Waals surface area contributed by atoms with Crippen molar-refractivity contribution in [2.45, 2.75) is 26.7 Å². The second-order valence-electron chi connectivity index (χ2n) is 4.53. The van der Waals surface area contributed by atoms with E-state index in [1.54, 1.807) is 4.68 Å². The first-order valence-corrected chi connectivity index (χ1v) is 6.70. The summed E-state index contributed by atoms with van der Waals surface area (Å²) in [7, 11) is 0. The summed E-state index contributed by atoms with van der Waals surface area (Å²) in [6.45, 7) is 4.07. The minimum absolute atomic E-state index is 0.465. The molecule has 3 rings (SSSR count). The SMILES string of the molecule is CCc1nn(-c2nnc3ccccc3n2)c(CC)c1N. The molecule has 0 aliphatic carbocycles. The quantitative estimate of drug-likeness (QED) is 0.784. The van der Waals surface area contributed by atoms with Crippen molar-refractivity contribution in [3.05, 3.63) is 35.7 Å². The summed E-state index contributed by atoms with van der Waals surface area (Å²) in [5.41, 5.74) is 10.2. The highest BCUT2D eigenvalue weighted by Gasteiger charge is 2.16. The van der Waals surface area contributed by atoms with E-state index >= 15 is 0 Å². The van der Waals surface area contributed by atoms with Crippen LogP contribution in [0, 0.1) is 0 Å². The van der Waals surface area contributed by atoms with Crippen LogP contribution in [-0.4, -0.2) is 25.0 Å². The van der Waals surface area contributed by atoms with E-state index in [1.807, 2.05) is 38.1 Å². The highest BCUT2D eigenvalue weighted by atomic mass is 15.4. The van der Waals surface area contributed by atoms with E-state index in [2.05, 4.69) is 20.3 Å². The smallest absolute Gasteiger partial charge is 0.270 e. The van der Waals surface area contributed by atoms with Crippen molar-refractivity contribution in [1.29, 1.82) is 0 Å². The van der Waals surface area contributed by atoms with E-state index in [1.165, 1.54) is 0 Å². The van der Waals surface area contributed by atoms with Gasteiger partial charge in [-0.25, -0.2) is 4.98 Å². The molecule has 0 saturated heterocycles. The van der Waals surface area contributed by atoms with Crippen molar-refractivity contribution < 1.29 is 0 Å². The molecule has 6 heteroatoms. The zero-order valence-corrected chi connectivity index (χ0v) is 11.5. The lowest BCUT2D eigenvalue weighted by molar-refractivity contribution is 0.733. The number of hydrogen-bond acceptors (Lipinski definition) is 5. The number of anilines is 1. The highest BCUT2D eigenvalue weighted by molar-refractivity contribution is 5.73. The van der Waals surface area contributed by atoms with Crippen LogP contribution < -0.4 is 5.73 Å². The number of hydrogen-bond donors (Lipinski definition) is 1. The molecule has 0 amide bonds. The zero-order valence-electron chi connectivity index (χ0n) is 11.5. The average Bonchev–Trinajstić information content (AvgIpc) is 2.82. The summed E-state index contributed by atoms with van der Waals surface area (Å²) >= 11 is 0. The van der Waals surface area contributed by atoms with Gasteiger partial charge in [0.1, 0.15) is 5.52 Å². The molecule has 2 N–H and O–H groups in total. The maximum atomic E-state index is 6.12. The maximum Gasteiger partial charge on any atom is 0.270 e. The molecule has 1 aromatic carbocycles. The standard InChI is InChI=1S/C14H16N6/c1-3-9-13(15)12(4-2)20(19-9)14-16-10-7-5-6-8-11(10)17-18-14/h5-8H,3-4,15H2,1-2H3. The van der Waals surface area contributed by atoms with Gasteiger partial charge in [-0.2, -0.15) is 9.78 Å². The Hall–Kier alpha value is -2.50. The molecular weight excluding hydrogens is 252 g/mol. The van der Waals surface area contributed by atoms with Gasteiger partial charge in [-0.15, -0.1) is 10.2 Å². The summed E-state index contributed by atoms with van der Waals surface area (Å²) in [5, 5.41) is 12.8. The Labute approximate surface area is 116 Å². The molecular formula is C14H16N6. The number of nitrogens with two attached hydrogens (primary N) is 1. The normalized spacial score (nSPS) is 11.1. The first kappa shape index (κ1) is 12.5. The molecule has 2 heterocycles. The molecule has 0 aliphatic heterocycles. The summed E-state index contributed by atoms with van der Waals surface area (Å²) < 4.78 is 1.70. The molecule has 0 unspecified atom stereocenters. The van der Waals surface area contributed by atoms with Gasteiger partial charge < -0.3 is 5.73 Å².